The number of hydrogen-bond acceptors (Lipinski definition) is 5. The lowest BCUT2D eigenvalue weighted by Crippen LogP contribution is -2.34. The SMILES string of the molecule is COC(C)c1nc(C)c(C(=O)NC(C)CO)s1. The topological polar surface area (TPSA) is 71.5 Å². The minimum absolute atomic E-state index is 0.0784. The largest absolute Gasteiger partial charge is 0.394 e. The van der Waals surface area contributed by atoms with Crippen molar-refractivity contribution in [3.8, 4) is 0 Å². The minimum Gasteiger partial charge on any atom is -0.394 e. The molecule has 2 N–H and O–H groups in total. The standard InChI is InChI=1S/C11H18N2O3S/c1-6(5-14)12-10(15)9-7(2)13-11(17-9)8(3)16-4/h6,8,14H,5H2,1-4H3,(H,12,15). The van der Waals surface area contributed by atoms with Crippen LogP contribution in [0.1, 0.15) is 40.3 Å². The van der Waals surface area contributed by atoms with Crippen LogP contribution >= 0.6 is 11.3 Å². The first-order valence-electron chi connectivity index (χ1n) is 5.41. The van der Waals surface area contributed by atoms with Gasteiger partial charge in [0, 0.05) is 13.2 Å². The average Bonchev–Trinajstić information content (AvgIpc) is 2.70. The highest BCUT2D eigenvalue weighted by Crippen LogP contribution is 2.25. The highest BCUT2D eigenvalue weighted by Gasteiger charge is 2.19. The number of aryl methyl sites for hydroxylation is 1. The van der Waals surface area contributed by atoms with Gasteiger partial charge in [0.15, 0.2) is 0 Å². The number of nitrogens with one attached hydrogen (secondary N) is 1. The third-order valence-electron chi connectivity index (χ3n) is 2.37. The van der Waals surface area contributed by atoms with E-state index in [4.69, 9.17) is 9.84 Å². The minimum atomic E-state index is -0.257. The summed E-state index contributed by atoms with van der Waals surface area (Å²) in [6.45, 7) is 5.34. The van der Waals surface area contributed by atoms with Crippen molar-refractivity contribution < 1.29 is 14.6 Å². The molecule has 1 aromatic heterocycles. The zero-order valence-corrected chi connectivity index (χ0v) is 11.3. The van der Waals surface area contributed by atoms with Gasteiger partial charge >= 0.3 is 0 Å². The highest BCUT2D eigenvalue weighted by atomic mass is 32.1. The number of amides is 1. The van der Waals surface area contributed by atoms with Gasteiger partial charge in [-0.25, -0.2) is 4.98 Å². The van der Waals surface area contributed by atoms with Crippen LogP contribution in [0.15, 0.2) is 0 Å². The van der Waals surface area contributed by atoms with E-state index >= 15 is 0 Å². The lowest BCUT2D eigenvalue weighted by Gasteiger charge is -2.09. The van der Waals surface area contributed by atoms with E-state index < -0.39 is 0 Å². The van der Waals surface area contributed by atoms with Crippen LogP contribution in [0.4, 0.5) is 0 Å². The van der Waals surface area contributed by atoms with E-state index in [1.165, 1.54) is 11.3 Å². The Kier molecular flexibility index (Phi) is 5.04. The highest BCUT2D eigenvalue weighted by molar-refractivity contribution is 7.13. The van der Waals surface area contributed by atoms with Crippen molar-refractivity contribution in [3.05, 3.63) is 15.6 Å². The molecule has 0 radical (unpaired) electrons. The van der Waals surface area contributed by atoms with Gasteiger partial charge in [-0.3, -0.25) is 4.79 Å². The van der Waals surface area contributed by atoms with E-state index in [-0.39, 0.29) is 24.7 Å². The molecule has 0 fully saturated rings. The number of carbonyl (C=O) groups excluding carboxylic acids is 1. The molecule has 1 aromatic rings. The van der Waals surface area contributed by atoms with Crippen LogP contribution in [-0.4, -0.2) is 35.8 Å². The molecule has 0 aliphatic rings. The molecule has 17 heavy (non-hydrogen) atoms. The third kappa shape index (κ3) is 3.49. The maximum atomic E-state index is 11.9. The van der Waals surface area contributed by atoms with Gasteiger partial charge < -0.3 is 15.2 Å². The van der Waals surface area contributed by atoms with Crippen LogP contribution < -0.4 is 5.32 Å². The number of methoxy groups -OCH3 is 1. The maximum absolute atomic E-state index is 11.9. The molecule has 1 amide bonds. The van der Waals surface area contributed by atoms with Crippen LogP contribution in [0.2, 0.25) is 0 Å². The molecule has 1 rings (SSSR count). The molecule has 0 aromatic carbocycles. The number of ether oxygens (including phenoxy) is 1. The number of thiazole rings is 1. The molecule has 0 saturated heterocycles. The normalized spacial score (nSPS) is 14.4. The summed E-state index contributed by atoms with van der Waals surface area (Å²) in [5.41, 5.74) is 0.691. The molecule has 0 bridgehead atoms. The fourth-order valence-electron chi connectivity index (χ4n) is 1.24. The van der Waals surface area contributed by atoms with Gasteiger partial charge in [0.2, 0.25) is 0 Å². The Hall–Kier alpha value is -0.980. The number of nitrogens with zero attached hydrogens (tertiary/aromatic N) is 1. The summed E-state index contributed by atoms with van der Waals surface area (Å²) in [5.74, 6) is -0.198. The van der Waals surface area contributed by atoms with Gasteiger partial charge in [0.1, 0.15) is 16.0 Å². The molecule has 2 unspecified atom stereocenters. The van der Waals surface area contributed by atoms with E-state index in [2.05, 4.69) is 10.3 Å². The molecule has 6 heteroatoms. The van der Waals surface area contributed by atoms with Crippen molar-refractivity contribution in [1.29, 1.82) is 0 Å². The monoisotopic (exact) mass is 258 g/mol. The first-order valence-corrected chi connectivity index (χ1v) is 6.23. The fraction of sp³-hybridized carbons (Fsp3) is 0.636. The molecular weight excluding hydrogens is 240 g/mol. The summed E-state index contributed by atoms with van der Waals surface area (Å²) < 4.78 is 5.16. The van der Waals surface area contributed by atoms with Crippen molar-refractivity contribution in [2.24, 2.45) is 0 Å². The van der Waals surface area contributed by atoms with Gasteiger partial charge in [0.05, 0.1) is 12.3 Å². The first-order chi connectivity index (χ1) is 7.99. The molecule has 1 heterocycles. The smallest absolute Gasteiger partial charge is 0.263 e. The molecule has 0 spiro atoms. The van der Waals surface area contributed by atoms with E-state index in [9.17, 15) is 4.79 Å². The maximum Gasteiger partial charge on any atom is 0.263 e. The summed E-state index contributed by atoms with van der Waals surface area (Å²) >= 11 is 1.32. The van der Waals surface area contributed by atoms with Crippen molar-refractivity contribution in [2.75, 3.05) is 13.7 Å². The molecule has 0 saturated carbocycles. The van der Waals surface area contributed by atoms with Gasteiger partial charge in [-0.05, 0) is 20.8 Å². The van der Waals surface area contributed by atoms with Crippen molar-refractivity contribution in [3.63, 3.8) is 0 Å². The molecule has 5 nitrogen and oxygen atoms in total. The molecule has 0 aliphatic heterocycles. The molecular formula is C11H18N2O3S. The Morgan fingerprint density at radius 2 is 2.24 bits per heavy atom. The lowest BCUT2D eigenvalue weighted by atomic mass is 10.3. The predicted molar refractivity (Wildman–Crippen MR) is 66.3 cm³/mol. The molecule has 2 atom stereocenters. The van der Waals surface area contributed by atoms with Gasteiger partial charge in [-0.2, -0.15) is 0 Å². The van der Waals surface area contributed by atoms with Gasteiger partial charge in [0.25, 0.3) is 5.91 Å². The Labute approximate surface area is 105 Å². The Morgan fingerprint density at radius 1 is 1.59 bits per heavy atom. The van der Waals surface area contributed by atoms with E-state index in [1.54, 1.807) is 21.0 Å². The third-order valence-corrected chi connectivity index (χ3v) is 3.69. The van der Waals surface area contributed by atoms with Crippen LogP contribution in [0.3, 0.4) is 0 Å². The first kappa shape index (κ1) is 14.1. The number of aromatic nitrogens is 1. The molecule has 96 valence electrons. The van der Waals surface area contributed by atoms with Crippen LogP contribution in [0, 0.1) is 6.92 Å². The zero-order chi connectivity index (χ0) is 13.0. The fourth-order valence-corrected chi connectivity index (χ4v) is 2.24. The summed E-state index contributed by atoms with van der Waals surface area (Å²) in [6.07, 6.45) is -0.115. The summed E-state index contributed by atoms with van der Waals surface area (Å²) in [5, 5.41) is 12.4. The van der Waals surface area contributed by atoms with Crippen molar-refractivity contribution in [1.82, 2.24) is 10.3 Å². The second-order valence-electron chi connectivity index (χ2n) is 3.90. The van der Waals surface area contributed by atoms with E-state index in [0.29, 0.717) is 10.6 Å². The second-order valence-corrected chi connectivity index (χ2v) is 4.93. The van der Waals surface area contributed by atoms with Crippen LogP contribution in [0.5, 0.6) is 0 Å². The van der Waals surface area contributed by atoms with Crippen molar-refractivity contribution >= 4 is 17.2 Å². The average molecular weight is 258 g/mol. The Bertz CT molecular complexity index is 392. The number of hydrogen-bond donors (Lipinski definition) is 2. The predicted octanol–water partition coefficient (Wildman–Crippen LogP) is 1.27. The van der Waals surface area contributed by atoms with Gasteiger partial charge in [-0.15, -0.1) is 11.3 Å². The summed E-state index contributed by atoms with van der Waals surface area (Å²) in [7, 11) is 1.61. The van der Waals surface area contributed by atoms with Crippen LogP contribution in [0.25, 0.3) is 0 Å². The second kappa shape index (κ2) is 6.09. The van der Waals surface area contributed by atoms with E-state index in [1.807, 2.05) is 6.92 Å². The number of aliphatic hydroxyl groups excluding tert-OH is 1. The lowest BCUT2D eigenvalue weighted by molar-refractivity contribution is 0.0925. The van der Waals surface area contributed by atoms with Crippen LogP contribution in [-0.2, 0) is 4.74 Å². The Balaban J connectivity index is 2.84. The quantitative estimate of drug-likeness (QED) is 0.834. The number of rotatable bonds is 5. The van der Waals surface area contributed by atoms with Gasteiger partial charge in [-0.1, -0.05) is 0 Å². The van der Waals surface area contributed by atoms with E-state index in [0.717, 1.165) is 5.01 Å². The number of carbonyl (C=O) groups is 1. The summed E-state index contributed by atoms with van der Waals surface area (Å²) in [4.78, 5) is 16.7. The summed E-state index contributed by atoms with van der Waals surface area (Å²) in [6, 6.07) is -0.257. The Morgan fingerprint density at radius 3 is 2.76 bits per heavy atom. The number of aliphatic hydroxyl groups is 1. The van der Waals surface area contributed by atoms with Crippen molar-refractivity contribution in [2.45, 2.75) is 32.9 Å². The molecule has 0 aliphatic carbocycles. The zero-order valence-electron chi connectivity index (χ0n) is 10.5.